The van der Waals surface area contributed by atoms with Gasteiger partial charge in [0.05, 0.1) is 24.8 Å². The van der Waals surface area contributed by atoms with Crippen LogP contribution in [0.15, 0.2) is 41.3 Å². The van der Waals surface area contributed by atoms with Crippen molar-refractivity contribution in [3.63, 3.8) is 0 Å². The molecular weight excluding hydrogens is 558 g/mol. The van der Waals surface area contributed by atoms with Gasteiger partial charge in [-0.2, -0.15) is 0 Å². The first-order valence-corrected chi connectivity index (χ1v) is 15.3. The summed E-state index contributed by atoms with van der Waals surface area (Å²) in [7, 11) is -1.63. The number of primary amides is 1. The smallest absolute Gasteiger partial charge is 0.265 e. The molecule has 2 fully saturated rings. The first-order valence-electron chi connectivity index (χ1n) is 13.4. The van der Waals surface area contributed by atoms with E-state index >= 15 is 0 Å². The van der Waals surface area contributed by atoms with E-state index in [-0.39, 0.29) is 28.4 Å². The fraction of sp³-hybridized carbons (Fsp3) is 0.500. The predicted octanol–water partition coefficient (Wildman–Crippen LogP) is 3.18. The van der Waals surface area contributed by atoms with Crippen molar-refractivity contribution in [2.45, 2.75) is 67.5 Å². The number of hydrogen-bond donors (Lipinski definition) is 2. The van der Waals surface area contributed by atoms with Crippen LogP contribution in [0.25, 0.3) is 0 Å². The van der Waals surface area contributed by atoms with Gasteiger partial charge in [-0.15, -0.1) is 0 Å². The average molecular weight is 592 g/mol. The van der Waals surface area contributed by atoms with Crippen LogP contribution in [0.5, 0.6) is 11.5 Å². The number of anilines is 1. The third kappa shape index (κ3) is 4.48. The molecule has 3 N–H and O–H groups in total. The van der Waals surface area contributed by atoms with Gasteiger partial charge in [-0.05, 0) is 61.9 Å². The third-order valence-corrected chi connectivity index (χ3v) is 10.5. The standard InChI is InChI=1S/C28H34ClN3O7S/c1-38-23-13-11-19(16-24(23)39-2)40(36,37)32-21-12-10-18(29)15-20(21)28(35,17-7-4-3-5-8-17)25(32)27(34)31-14-6-9-22(31)26(30)33/h10-13,15-17,22,25,35H,3-9,14H2,1-2H3,(H2,30,33)/t22?,25-,28?/m1/s1. The highest BCUT2D eigenvalue weighted by molar-refractivity contribution is 7.93. The molecule has 5 rings (SSSR count). The number of likely N-dealkylation sites (tertiary alicyclic amines) is 1. The zero-order valence-corrected chi connectivity index (χ0v) is 24.1. The van der Waals surface area contributed by atoms with Gasteiger partial charge in [0.2, 0.25) is 5.91 Å². The van der Waals surface area contributed by atoms with Gasteiger partial charge in [0.15, 0.2) is 17.5 Å². The van der Waals surface area contributed by atoms with Gasteiger partial charge in [0, 0.05) is 23.2 Å². The Hall–Kier alpha value is -3.02. The minimum Gasteiger partial charge on any atom is -0.493 e. The van der Waals surface area contributed by atoms with E-state index in [4.69, 9.17) is 26.8 Å². The normalized spacial score (nSPS) is 25.1. The number of halogens is 1. The van der Waals surface area contributed by atoms with Crippen LogP contribution in [0.1, 0.15) is 50.5 Å². The summed E-state index contributed by atoms with van der Waals surface area (Å²) >= 11 is 6.39. The number of ether oxygens (including phenoxy) is 2. The number of rotatable bonds is 7. The summed E-state index contributed by atoms with van der Waals surface area (Å²) in [5.41, 5.74) is 4.21. The number of fused-ring (bicyclic) bond motifs is 1. The topological polar surface area (TPSA) is 139 Å². The van der Waals surface area contributed by atoms with Gasteiger partial charge in [-0.1, -0.05) is 30.9 Å². The number of amides is 2. The van der Waals surface area contributed by atoms with Gasteiger partial charge in [-0.3, -0.25) is 13.9 Å². The van der Waals surface area contributed by atoms with Crippen molar-refractivity contribution >= 4 is 39.1 Å². The Morgan fingerprint density at radius 3 is 2.35 bits per heavy atom. The molecule has 2 amide bonds. The SMILES string of the molecule is COc1ccc(S(=O)(=O)N2c3ccc(Cl)cc3C(O)(C3CCCCC3)[C@H]2C(=O)N2CCCC2C(N)=O)cc1OC. The first kappa shape index (κ1) is 28.5. The zero-order chi connectivity index (χ0) is 28.8. The molecule has 2 aliphatic heterocycles. The van der Waals surface area contributed by atoms with Crippen LogP contribution in [0.3, 0.4) is 0 Å². The van der Waals surface area contributed by atoms with Gasteiger partial charge in [0.25, 0.3) is 15.9 Å². The second-order valence-corrected chi connectivity index (χ2v) is 12.9. The van der Waals surface area contributed by atoms with E-state index in [2.05, 4.69) is 0 Å². The monoisotopic (exact) mass is 591 g/mol. The number of hydrogen-bond acceptors (Lipinski definition) is 7. The highest BCUT2D eigenvalue weighted by Gasteiger charge is 2.62. The van der Waals surface area contributed by atoms with E-state index in [0.29, 0.717) is 36.5 Å². The van der Waals surface area contributed by atoms with E-state index in [1.807, 2.05) is 0 Å². The molecule has 216 valence electrons. The molecule has 3 aliphatic rings. The molecule has 0 spiro atoms. The molecule has 40 heavy (non-hydrogen) atoms. The summed E-state index contributed by atoms with van der Waals surface area (Å²) in [6.07, 6.45) is 4.77. The lowest BCUT2D eigenvalue weighted by molar-refractivity contribution is -0.146. The van der Waals surface area contributed by atoms with Gasteiger partial charge in [-0.25, -0.2) is 8.42 Å². The molecule has 1 saturated heterocycles. The van der Waals surface area contributed by atoms with Gasteiger partial charge < -0.3 is 25.2 Å². The molecule has 0 aromatic heterocycles. The molecule has 2 unspecified atom stereocenters. The molecule has 0 radical (unpaired) electrons. The number of nitrogens with zero attached hydrogens (tertiary/aromatic N) is 2. The Morgan fingerprint density at radius 1 is 1.00 bits per heavy atom. The van der Waals surface area contributed by atoms with Crippen LogP contribution in [0.2, 0.25) is 5.02 Å². The maximum absolute atomic E-state index is 14.5. The highest BCUT2D eigenvalue weighted by Crippen LogP contribution is 2.55. The largest absolute Gasteiger partial charge is 0.493 e. The van der Waals surface area contributed by atoms with Crippen LogP contribution in [0, 0.1) is 5.92 Å². The van der Waals surface area contributed by atoms with Crippen molar-refractivity contribution in [2.24, 2.45) is 11.7 Å². The summed E-state index contributed by atoms with van der Waals surface area (Å²) in [5.74, 6) is -1.21. The van der Waals surface area contributed by atoms with Crippen molar-refractivity contribution in [1.29, 1.82) is 0 Å². The lowest BCUT2D eigenvalue weighted by atomic mass is 9.71. The number of carbonyl (C=O) groups is 2. The van der Waals surface area contributed by atoms with E-state index < -0.39 is 45.4 Å². The third-order valence-electron chi connectivity index (χ3n) is 8.52. The quantitative estimate of drug-likeness (QED) is 0.504. The van der Waals surface area contributed by atoms with Gasteiger partial charge in [0.1, 0.15) is 11.6 Å². The fourth-order valence-electron chi connectivity index (χ4n) is 6.60. The lowest BCUT2D eigenvalue weighted by Crippen LogP contribution is -2.61. The first-order chi connectivity index (χ1) is 19.0. The molecule has 10 nitrogen and oxygen atoms in total. The number of nitrogens with two attached hydrogens (primary N) is 1. The van der Waals surface area contributed by atoms with Crippen molar-refractivity contribution in [1.82, 2.24) is 4.90 Å². The summed E-state index contributed by atoms with van der Waals surface area (Å²) in [6, 6.07) is 6.31. The van der Waals surface area contributed by atoms with E-state index in [1.54, 1.807) is 6.07 Å². The number of carbonyl (C=O) groups excluding carboxylic acids is 2. The van der Waals surface area contributed by atoms with Crippen LogP contribution >= 0.6 is 11.6 Å². The lowest BCUT2D eigenvalue weighted by Gasteiger charge is -2.42. The molecule has 2 heterocycles. The minimum atomic E-state index is -4.46. The van der Waals surface area contributed by atoms with E-state index in [0.717, 1.165) is 23.6 Å². The Morgan fingerprint density at radius 2 is 1.70 bits per heavy atom. The van der Waals surface area contributed by atoms with Crippen LogP contribution in [-0.4, -0.2) is 63.1 Å². The minimum absolute atomic E-state index is 0.149. The van der Waals surface area contributed by atoms with Crippen LogP contribution < -0.4 is 19.5 Å². The maximum atomic E-state index is 14.5. The highest BCUT2D eigenvalue weighted by atomic mass is 35.5. The Balaban J connectivity index is 1.74. The van der Waals surface area contributed by atoms with Crippen LogP contribution in [-0.2, 0) is 25.2 Å². The average Bonchev–Trinajstić information content (AvgIpc) is 3.55. The van der Waals surface area contributed by atoms with Crippen molar-refractivity contribution in [3.8, 4) is 11.5 Å². The van der Waals surface area contributed by atoms with Crippen LogP contribution in [0.4, 0.5) is 5.69 Å². The fourth-order valence-corrected chi connectivity index (χ4v) is 8.44. The van der Waals surface area contributed by atoms with Crippen molar-refractivity contribution in [2.75, 3.05) is 25.1 Å². The molecular formula is C28H34ClN3O7S. The number of methoxy groups -OCH3 is 2. The molecule has 1 aliphatic carbocycles. The maximum Gasteiger partial charge on any atom is 0.265 e. The number of benzene rings is 2. The molecule has 0 bridgehead atoms. The second-order valence-electron chi connectivity index (χ2n) is 10.6. The summed E-state index contributed by atoms with van der Waals surface area (Å²) in [5, 5.41) is 13.0. The van der Waals surface area contributed by atoms with E-state index in [9.17, 15) is 23.1 Å². The zero-order valence-electron chi connectivity index (χ0n) is 22.5. The second kappa shape index (κ2) is 10.8. The van der Waals surface area contributed by atoms with E-state index in [1.165, 1.54) is 49.5 Å². The van der Waals surface area contributed by atoms with Gasteiger partial charge >= 0.3 is 0 Å². The predicted molar refractivity (Wildman–Crippen MR) is 149 cm³/mol. The molecule has 2 aromatic carbocycles. The Bertz CT molecular complexity index is 1430. The van der Waals surface area contributed by atoms with Crippen molar-refractivity contribution < 1.29 is 32.6 Å². The number of sulfonamides is 1. The molecule has 3 atom stereocenters. The Labute approximate surface area is 239 Å². The Kier molecular flexibility index (Phi) is 7.66. The number of aliphatic hydroxyl groups is 1. The molecule has 12 heteroatoms. The molecule has 1 saturated carbocycles. The summed E-state index contributed by atoms with van der Waals surface area (Å²) < 4.78 is 40.6. The summed E-state index contributed by atoms with van der Waals surface area (Å²) in [6.45, 7) is 0.227. The molecule has 2 aromatic rings. The summed E-state index contributed by atoms with van der Waals surface area (Å²) in [4.78, 5) is 27.9. The van der Waals surface area contributed by atoms with Crippen molar-refractivity contribution in [3.05, 3.63) is 47.0 Å².